The smallest absolute Gasteiger partial charge is 0.219 e. The molecule has 1 aromatic carbocycles. The van der Waals surface area contributed by atoms with E-state index in [4.69, 9.17) is 4.74 Å². The molecule has 2 N–H and O–H groups in total. The van der Waals surface area contributed by atoms with E-state index in [0.29, 0.717) is 12.4 Å². The van der Waals surface area contributed by atoms with Gasteiger partial charge in [-0.15, -0.1) is 0 Å². The summed E-state index contributed by atoms with van der Waals surface area (Å²) in [4.78, 5) is 4.29. The maximum atomic E-state index is 10.8. The molecule has 2 aromatic heterocycles. The number of aromatic hydroxyl groups is 1. The highest BCUT2D eigenvalue weighted by atomic mass is 16.5. The third-order valence-electron chi connectivity index (χ3n) is 4.57. The summed E-state index contributed by atoms with van der Waals surface area (Å²) in [7, 11) is 1.66. The summed E-state index contributed by atoms with van der Waals surface area (Å²) in [6, 6.07) is 13.6. The van der Waals surface area contributed by atoms with Gasteiger partial charge in [0.1, 0.15) is 5.75 Å². The van der Waals surface area contributed by atoms with Crippen molar-refractivity contribution in [1.82, 2.24) is 20.1 Å². The first kappa shape index (κ1) is 15.7. The molecule has 0 radical (unpaired) electrons. The fourth-order valence-corrected chi connectivity index (χ4v) is 3.34. The van der Waals surface area contributed by atoms with Gasteiger partial charge in [-0.05, 0) is 36.2 Å². The number of ether oxygens (including phenoxy) is 1. The van der Waals surface area contributed by atoms with Crippen molar-refractivity contribution in [2.24, 2.45) is 0 Å². The van der Waals surface area contributed by atoms with Crippen LogP contribution in [0.25, 0.3) is 5.82 Å². The number of rotatable bonds is 4. The number of benzene rings is 1. The Morgan fingerprint density at radius 2 is 2.08 bits per heavy atom. The van der Waals surface area contributed by atoms with Gasteiger partial charge in [0.2, 0.25) is 5.88 Å². The lowest BCUT2D eigenvalue weighted by molar-refractivity contribution is 0.413. The molecule has 1 atom stereocenters. The van der Waals surface area contributed by atoms with Crippen molar-refractivity contribution in [3.63, 3.8) is 0 Å². The third-order valence-corrected chi connectivity index (χ3v) is 4.57. The van der Waals surface area contributed by atoms with Crippen molar-refractivity contribution >= 4 is 0 Å². The molecule has 0 spiro atoms. The number of nitrogens with one attached hydrogen (secondary N) is 1. The normalized spacial score (nSPS) is 16.4. The Morgan fingerprint density at radius 1 is 1.24 bits per heavy atom. The van der Waals surface area contributed by atoms with Gasteiger partial charge in [0.25, 0.3) is 0 Å². The van der Waals surface area contributed by atoms with Gasteiger partial charge in [-0.2, -0.15) is 9.78 Å². The number of hydrogen-bond donors (Lipinski definition) is 2. The second-order valence-corrected chi connectivity index (χ2v) is 6.16. The van der Waals surface area contributed by atoms with Gasteiger partial charge in [-0.25, -0.2) is 4.98 Å². The summed E-state index contributed by atoms with van der Waals surface area (Å²) in [5.74, 6) is 1.82. The lowest BCUT2D eigenvalue weighted by atomic mass is 9.89. The van der Waals surface area contributed by atoms with Crippen molar-refractivity contribution in [2.45, 2.75) is 18.9 Å². The summed E-state index contributed by atoms with van der Waals surface area (Å²) in [5.41, 5.74) is 3.00. The predicted octanol–water partition coefficient (Wildman–Crippen LogP) is 2.41. The van der Waals surface area contributed by atoms with E-state index < -0.39 is 0 Å². The van der Waals surface area contributed by atoms with Gasteiger partial charge in [-0.3, -0.25) is 0 Å². The minimum Gasteiger partial charge on any atom is -0.497 e. The molecule has 1 unspecified atom stereocenters. The molecule has 0 saturated carbocycles. The lowest BCUT2D eigenvalue weighted by Crippen LogP contribution is -2.28. The van der Waals surface area contributed by atoms with E-state index in [1.54, 1.807) is 13.3 Å². The second kappa shape index (κ2) is 6.57. The molecule has 128 valence electrons. The highest BCUT2D eigenvalue weighted by Gasteiger charge is 2.29. The van der Waals surface area contributed by atoms with Crippen LogP contribution in [-0.4, -0.2) is 33.5 Å². The molecule has 6 heteroatoms. The molecular formula is C19H20N4O2. The summed E-state index contributed by atoms with van der Waals surface area (Å²) in [6.45, 7) is 1.46. The van der Waals surface area contributed by atoms with Crippen LogP contribution < -0.4 is 10.1 Å². The van der Waals surface area contributed by atoms with Gasteiger partial charge in [0.15, 0.2) is 5.82 Å². The first-order valence-corrected chi connectivity index (χ1v) is 8.32. The van der Waals surface area contributed by atoms with E-state index in [0.717, 1.165) is 30.0 Å². The zero-order valence-corrected chi connectivity index (χ0v) is 14.0. The van der Waals surface area contributed by atoms with Crippen LogP contribution >= 0.6 is 0 Å². The molecule has 0 bridgehead atoms. The summed E-state index contributed by atoms with van der Waals surface area (Å²) < 4.78 is 6.74. The monoisotopic (exact) mass is 336 g/mol. The van der Waals surface area contributed by atoms with Crippen LogP contribution in [0.2, 0.25) is 0 Å². The van der Waals surface area contributed by atoms with Crippen LogP contribution in [0.5, 0.6) is 11.6 Å². The highest BCUT2D eigenvalue weighted by Crippen LogP contribution is 2.35. The number of hydrogen-bond acceptors (Lipinski definition) is 5. The van der Waals surface area contributed by atoms with Crippen LogP contribution in [0, 0.1) is 0 Å². The van der Waals surface area contributed by atoms with Crippen molar-refractivity contribution in [2.75, 3.05) is 13.7 Å². The van der Waals surface area contributed by atoms with Gasteiger partial charge >= 0.3 is 0 Å². The van der Waals surface area contributed by atoms with Crippen LogP contribution in [0.1, 0.15) is 22.7 Å². The van der Waals surface area contributed by atoms with Gasteiger partial charge in [0, 0.05) is 30.8 Å². The van der Waals surface area contributed by atoms with E-state index in [1.165, 1.54) is 10.2 Å². The van der Waals surface area contributed by atoms with Crippen molar-refractivity contribution in [1.29, 1.82) is 0 Å². The molecule has 3 heterocycles. The van der Waals surface area contributed by atoms with Crippen molar-refractivity contribution in [3.8, 4) is 17.4 Å². The fraction of sp³-hybridized carbons (Fsp3) is 0.263. The highest BCUT2D eigenvalue weighted by molar-refractivity contribution is 5.42. The molecule has 0 aliphatic carbocycles. The SMILES string of the molecule is COc1ccc(CC2CNCc3nn(-c4ccccn4)c(O)c32)cc1. The largest absolute Gasteiger partial charge is 0.497 e. The molecular weight excluding hydrogens is 316 g/mol. The lowest BCUT2D eigenvalue weighted by Gasteiger charge is -2.22. The predicted molar refractivity (Wildman–Crippen MR) is 94.2 cm³/mol. The summed E-state index contributed by atoms with van der Waals surface area (Å²) in [6.07, 6.45) is 2.52. The summed E-state index contributed by atoms with van der Waals surface area (Å²) >= 11 is 0. The Morgan fingerprint density at radius 3 is 2.80 bits per heavy atom. The van der Waals surface area contributed by atoms with Gasteiger partial charge in [-0.1, -0.05) is 18.2 Å². The standard InChI is InChI=1S/C19H20N4O2/c1-25-15-7-5-13(6-8-15)10-14-11-20-12-16-18(14)19(24)23(22-16)17-4-2-3-9-21-17/h2-9,14,20,24H,10-12H2,1H3. The van der Waals surface area contributed by atoms with E-state index in [-0.39, 0.29) is 11.8 Å². The average Bonchev–Trinajstić information content (AvgIpc) is 3.01. The first-order valence-electron chi connectivity index (χ1n) is 8.32. The average molecular weight is 336 g/mol. The maximum Gasteiger partial charge on any atom is 0.219 e. The van der Waals surface area contributed by atoms with Gasteiger partial charge in [0.05, 0.1) is 12.8 Å². The molecule has 1 aliphatic heterocycles. The van der Waals surface area contributed by atoms with E-state index in [2.05, 4.69) is 27.5 Å². The quantitative estimate of drug-likeness (QED) is 0.765. The maximum absolute atomic E-state index is 10.8. The van der Waals surface area contributed by atoms with Crippen LogP contribution in [0.4, 0.5) is 0 Å². The minimum atomic E-state index is 0.162. The van der Waals surface area contributed by atoms with Crippen LogP contribution in [0.3, 0.4) is 0 Å². The first-order chi connectivity index (χ1) is 12.3. The molecule has 25 heavy (non-hydrogen) atoms. The zero-order valence-electron chi connectivity index (χ0n) is 14.0. The van der Waals surface area contributed by atoms with Crippen molar-refractivity contribution < 1.29 is 9.84 Å². The Bertz CT molecular complexity index is 859. The molecule has 0 saturated heterocycles. The minimum absolute atomic E-state index is 0.162. The topological polar surface area (TPSA) is 72.2 Å². The van der Waals surface area contributed by atoms with E-state index in [1.807, 2.05) is 30.3 Å². The van der Waals surface area contributed by atoms with Crippen LogP contribution in [0.15, 0.2) is 48.7 Å². The van der Waals surface area contributed by atoms with Crippen LogP contribution in [-0.2, 0) is 13.0 Å². The number of nitrogens with zero attached hydrogens (tertiary/aromatic N) is 3. The number of aromatic nitrogens is 3. The molecule has 0 amide bonds. The molecule has 0 fully saturated rings. The molecule has 4 rings (SSSR count). The molecule has 1 aliphatic rings. The second-order valence-electron chi connectivity index (χ2n) is 6.16. The number of methoxy groups -OCH3 is 1. The number of pyridine rings is 1. The molecule has 3 aromatic rings. The van der Waals surface area contributed by atoms with Crippen molar-refractivity contribution in [3.05, 3.63) is 65.5 Å². The van der Waals surface area contributed by atoms with E-state index in [9.17, 15) is 5.11 Å². The van der Waals surface area contributed by atoms with Gasteiger partial charge < -0.3 is 15.2 Å². The zero-order chi connectivity index (χ0) is 17.2. The molecule has 6 nitrogen and oxygen atoms in total. The van der Waals surface area contributed by atoms with E-state index >= 15 is 0 Å². The summed E-state index contributed by atoms with van der Waals surface area (Å²) in [5, 5.41) is 18.7. The Labute approximate surface area is 146 Å². The Hall–Kier alpha value is -2.86. The fourth-order valence-electron chi connectivity index (χ4n) is 3.34. The number of fused-ring (bicyclic) bond motifs is 1. The Balaban J connectivity index is 1.66. The Kier molecular flexibility index (Phi) is 4.11. The third kappa shape index (κ3) is 2.96.